The molecule has 0 amide bonds. The second-order valence-corrected chi connectivity index (χ2v) is 5.66. The third-order valence-corrected chi connectivity index (χ3v) is 3.64. The third-order valence-electron chi connectivity index (χ3n) is 3.12. The van der Waals surface area contributed by atoms with E-state index in [1.165, 1.54) is 5.56 Å². The molecule has 0 bridgehead atoms. The van der Waals surface area contributed by atoms with Crippen molar-refractivity contribution in [3.63, 3.8) is 0 Å². The summed E-state index contributed by atoms with van der Waals surface area (Å²) >= 11 is 3.44. The van der Waals surface area contributed by atoms with Gasteiger partial charge < -0.3 is 14.8 Å². The van der Waals surface area contributed by atoms with Crippen molar-refractivity contribution in [2.24, 2.45) is 12.0 Å². The Balaban J connectivity index is 0.00000242. The number of nitrogens with one attached hydrogen (secondary N) is 1. The van der Waals surface area contributed by atoms with Crippen molar-refractivity contribution in [3.8, 4) is 0 Å². The SMILES string of the molecule is CN=C(NCc1nncn1C)N(C)Cc1ccc(Br)cc1.I. The molecule has 0 saturated carbocycles. The van der Waals surface area contributed by atoms with Gasteiger partial charge in [-0.15, -0.1) is 34.2 Å². The zero-order valence-corrected chi connectivity index (χ0v) is 16.7. The largest absolute Gasteiger partial charge is 0.349 e. The summed E-state index contributed by atoms with van der Waals surface area (Å²) in [6.45, 7) is 1.37. The minimum absolute atomic E-state index is 0. The van der Waals surface area contributed by atoms with E-state index in [4.69, 9.17) is 0 Å². The molecule has 0 aliphatic rings. The fourth-order valence-electron chi connectivity index (χ4n) is 1.95. The molecule has 8 heteroatoms. The fraction of sp³-hybridized carbons (Fsp3) is 0.357. The molecule has 2 aromatic rings. The van der Waals surface area contributed by atoms with Crippen LogP contribution in [0.25, 0.3) is 0 Å². The lowest BCUT2D eigenvalue weighted by molar-refractivity contribution is 0.474. The number of halogens is 2. The number of aryl methyl sites for hydroxylation is 1. The molecule has 0 atom stereocenters. The van der Waals surface area contributed by atoms with Gasteiger partial charge in [-0.2, -0.15) is 0 Å². The van der Waals surface area contributed by atoms with E-state index in [2.05, 4.69) is 53.5 Å². The molecule has 1 N–H and O–H groups in total. The van der Waals surface area contributed by atoms with Crippen LogP contribution in [0.2, 0.25) is 0 Å². The van der Waals surface area contributed by atoms with Gasteiger partial charge in [0.2, 0.25) is 0 Å². The number of nitrogens with zero attached hydrogens (tertiary/aromatic N) is 5. The van der Waals surface area contributed by atoms with Crippen LogP contribution < -0.4 is 5.32 Å². The Hall–Kier alpha value is -1.16. The van der Waals surface area contributed by atoms with Gasteiger partial charge in [-0.25, -0.2) is 0 Å². The summed E-state index contributed by atoms with van der Waals surface area (Å²) in [6, 6.07) is 8.27. The molecule has 1 aromatic heterocycles. The molecule has 0 spiro atoms. The molecule has 1 heterocycles. The molecule has 22 heavy (non-hydrogen) atoms. The standard InChI is InChI=1S/C14H19BrN6.HI/c1-16-14(17-8-13-19-18-10-21(13)3)20(2)9-11-4-6-12(15)7-5-11;/h4-7,10H,8-9H2,1-3H3,(H,16,17);1H. The van der Waals surface area contributed by atoms with Crippen LogP contribution in [-0.2, 0) is 20.1 Å². The predicted molar refractivity (Wildman–Crippen MR) is 102 cm³/mol. The number of rotatable bonds is 4. The molecular weight excluding hydrogens is 459 g/mol. The molecule has 0 unspecified atom stereocenters. The first-order valence-corrected chi connectivity index (χ1v) is 7.38. The van der Waals surface area contributed by atoms with Crippen LogP contribution >= 0.6 is 39.9 Å². The van der Waals surface area contributed by atoms with Crippen LogP contribution in [0.3, 0.4) is 0 Å². The van der Waals surface area contributed by atoms with Crippen molar-refractivity contribution in [3.05, 3.63) is 46.5 Å². The van der Waals surface area contributed by atoms with E-state index in [0.717, 1.165) is 22.8 Å². The predicted octanol–water partition coefficient (Wildman–Crippen LogP) is 2.40. The number of hydrogen-bond acceptors (Lipinski definition) is 3. The van der Waals surface area contributed by atoms with Crippen LogP contribution in [0, 0.1) is 0 Å². The maximum Gasteiger partial charge on any atom is 0.194 e. The molecule has 0 saturated heterocycles. The monoisotopic (exact) mass is 478 g/mol. The van der Waals surface area contributed by atoms with Crippen LogP contribution in [-0.4, -0.2) is 39.7 Å². The van der Waals surface area contributed by atoms with Crippen molar-refractivity contribution in [2.75, 3.05) is 14.1 Å². The third kappa shape index (κ3) is 5.24. The number of aliphatic imine (C=N–C) groups is 1. The topological polar surface area (TPSA) is 58.3 Å². The van der Waals surface area contributed by atoms with Crippen molar-refractivity contribution < 1.29 is 0 Å². The van der Waals surface area contributed by atoms with Gasteiger partial charge in [-0.1, -0.05) is 28.1 Å². The summed E-state index contributed by atoms with van der Waals surface area (Å²) in [4.78, 5) is 6.36. The van der Waals surface area contributed by atoms with Crippen LogP contribution in [0.4, 0.5) is 0 Å². The first-order valence-electron chi connectivity index (χ1n) is 6.59. The maximum atomic E-state index is 4.30. The minimum atomic E-state index is 0. The Kier molecular flexibility index (Phi) is 7.80. The maximum absolute atomic E-state index is 4.30. The molecule has 1 aromatic carbocycles. The van der Waals surface area contributed by atoms with E-state index >= 15 is 0 Å². The van der Waals surface area contributed by atoms with Gasteiger partial charge in [-0.05, 0) is 17.7 Å². The Bertz CT molecular complexity index is 610. The van der Waals surface area contributed by atoms with Gasteiger partial charge in [0, 0.05) is 32.2 Å². The molecule has 2 rings (SSSR count). The molecule has 0 aliphatic carbocycles. The Labute approximate surface area is 156 Å². The Morgan fingerprint density at radius 3 is 2.59 bits per heavy atom. The summed E-state index contributed by atoms with van der Waals surface area (Å²) in [5, 5.41) is 11.2. The zero-order chi connectivity index (χ0) is 15.2. The molecule has 6 nitrogen and oxygen atoms in total. The molecule has 0 aliphatic heterocycles. The van der Waals surface area contributed by atoms with Crippen LogP contribution in [0.15, 0.2) is 40.1 Å². The van der Waals surface area contributed by atoms with E-state index in [9.17, 15) is 0 Å². The van der Waals surface area contributed by atoms with E-state index in [-0.39, 0.29) is 24.0 Å². The highest BCUT2D eigenvalue weighted by Gasteiger charge is 2.08. The second-order valence-electron chi connectivity index (χ2n) is 4.74. The van der Waals surface area contributed by atoms with E-state index in [0.29, 0.717) is 6.54 Å². The molecule has 0 fully saturated rings. The summed E-state index contributed by atoms with van der Waals surface area (Å²) in [5.74, 6) is 1.69. The van der Waals surface area contributed by atoms with Crippen molar-refractivity contribution in [1.29, 1.82) is 0 Å². The lowest BCUT2D eigenvalue weighted by Gasteiger charge is -2.22. The lowest BCUT2D eigenvalue weighted by Crippen LogP contribution is -2.38. The second kappa shape index (κ2) is 9.09. The summed E-state index contributed by atoms with van der Waals surface area (Å²) in [6.07, 6.45) is 1.69. The van der Waals surface area contributed by atoms with E-state index in [1.54, 1.807) is 13.4 Å². The van der Waals surface area contributed by atoms with Crippen molar-refractivity contribution in [1.82, 2.24) is 25.0 Å². The van der Waals surface area contributed by atoms with Gasteiger partial charge in [-0.3, -0.25) is 4.99 Å². The summed E-state index contributed by atoms with van der Waals surface area (Å²) < 4.78 is 2.97. The number of aromatic nitrogens is 3. The van der Waals surface area contributed by atoms with Crippen molar-refractivity contribution >= 4 is 45.9 Å². The number of hydrogen-bond donors (Lipinski definition) is 1. The fourth-order valence-corrected chi connectivity index (χ4v) is 2.21. The average molecular weight is 479 g/mol. The highest BCUT2D eigenvalue weighted by Crippen LogP contribution is 2.11. The number of benzene rings is 1. The van der Waals surface area contributed by atoms with Gasteiger partial charge in [0.25, 0.3) is 0 Å². The Morgan fingerprint density at radius 1 is 1.36 bits per heavy atom. The lowest BCUT2D eigenvalue weighted by atomic mass is 10.2. The molecule has 0 radical (unpaired) electrons. The summed E-state index contributed by atoms with van der Waals surface area (Å²) in [5.41, 5.74) is 1.22. The van der Waals surface area contributed by atoms with E-state index < -0.39 is 0 Å². The molecular formula is C14H20BrIN6. The smallest absolute Gasteiger partial charge is 0.194 e. The van der Waals surface area contributed by atoms with Gasteiger partial charge >= 0.3 is 0 Å². The van der Waals surface area contributed by atoms with Crippen LogP contribution in [0.5, 0.6) is 0 Å². The van der Waals surface area contributed by atoms with Crippen molar-refractivity contribution in [2.45, 2.75) is 13.1 Å². The van der Waals surface area contributed by atoms with Gasteiger partial charge in [0.15, 0.2) is 11.8 Å². The van der Waals surface area contributed by atoms with Gasteiger partial charge in [0.05, 0.1) is 6.54 Å². The summed E-state index contributed by atoms with van der Waals surface area (Å²) in [7, 11) is 5.70. The van der Waals surface area contributed by atoms with E-state index in [1.807, 2.05) is 30.8 Å². The van der Waals surface area contributed by atoms with Gasteiger partial charge in [0.1, 0.15) is 6.33 Å². The highest BCUT2D eigenvalue weighted by atomic mass is 127. The van der Waals surface area contributed by atoms with Crippen LogP contribution in [0.1, 0.15) is 11.4 Å². The highest BCUT2D eigenvalue weighted by molar-refractivity contribution is 14.0. The quantitative estimate of drug-likeness (QED) is 0.416. The first-order chi connectivity index (χ1) is 10.1. The Morgan fingerprint density at radius 2 is 2.05 bits per heavy atom. The normalized spacial score (nSPS) is 11.0. The number of guanidine groups is 1. The zero-order valence-electron chi connectivity index (χ0n) is 12.8. The average Bonchev–Trinajstić information content (AvgIpc) is 2.88. The minimum Gasteiger partial charge on any atom is -0.349 e. The first kappa shape index (κ1) is 18.9. The molecule has 120 valence electrons.